The first-order valence-electron chi connectivity index (χ1n) is 9.66. The Bertz CT molecular complexity index is 1290. The Hall–Kier alpha value is -3.05. The summed E-state index contributed by atoms with van der Waals surface area (Å²) < 4.78 is 50.1. The number of rotatable bonds is 4. The molecule has 7 nitrogen and oxygen atoms in total. The average molecular weight is 481 g/mol. The molecule has 1 aliphatic rings. The Morgan fingerprint density at radius 1 is 1.22 bits per heavy atom. The van der Waals surface area contributed by atoms with E-state index in [2.05, 4.69) is 20.6 Å². The fraction of sp³-hybridized carbons (Fsp3) is 0.250. The lowest BCUT2D eigenvalue weighted by atomic mass is 9.97. The van der Waals surface area contributed by atoms with Crippen LogP contribution in [0.15, 0.2) is 53.1 Å². The van der Waals surface area contributed by atoms with Gasteiger partial charge in [0.2, 0.25) is 0 Å². The quantitative estimate of drug-likeness (QED) is 0.363. The Morgan fingerprint density at radius 3 is 2.69 bits per heavy atom. The lowest BCUT2D eigenvalue weighted by molar-refractivity contribution is -0.173. The van der Waals surface area contributed by atoms with Gasteiger partial charge in [-0.2, -0.15) is 23.4 Å². The lowest BCUT2D eigenvalue weighted by Gasteiger charge is -2.33. The van der Waals surface area contributed by atoms with E-state index >= 15 is 0 Å². The van der Waals surface area contributed by atoms with Crippen LogP contribution < -0.4 is 5.32 Å². The largest absolute Gasteiger partial charge is 0.467 e. The number of furan rings is 1. The van der Waals surface area contributed by atoms with Crippen LogP contribution in [0, 0.1) is 4.77 Å². The van der Waals surface area contributed by atoms with Gasteiger partial charge in [0.15, 0.2) is 16.6 Å². The van der Waals surface area contributed by atoms with Crippen molar-refractivity contribution < 1.29 is 17.6 Å². The van der Waals surface area contributed by atoms with Gasteiger partial charge in [-0.25, -0.2) is 4.68 Å². The molecule has 5 rings (SSSR count). The topological polar surface area (TPSA) is 76.6 Å². The minimum absolute atomic E-state index is 0.210. The molecular weight excluding hydrogens is 465 g/mol. The van der Waals surface area contributed by atoms with E-state index in [-0.39, 0.29) is 24.5 Å². The number of alkyl halides is 3. The summed E-state index contributed by atoms with van der Waals surface area (Å²) in [4.78, 5) is 0. The van der Waals surface area contributed by atoms with Gasteiger partial charge in [-0.15, -0.1) is 0 Å². The van der Waals surface area contributed by atoms with Gasteiger partial charge >= 0.3 is 6.18 Å². The fourth-order valence-corrected chi connectivity index (χ4v) is 4.14. The van der Waals surface area contributed by atoms with Gasteiger partial charge in [-0.1, -0.05) is 23.7 Å². The average Bonchev–Trinajstić information content (AvgIpc) is 3.48. The van der Waals surface area contributed by atoms with E-state index in [1.54, 1.807) is 47.0 Å². The summed E-state index contributed by atoms with van der Waals surface area (Å²) in [7, 11) is 0. The van der Waals surface area contributed by atoms with Crippen LogP contribution in [0.3, 0.4) is 0 Å². The first-order chi connectivity index (χ1) is 15.3. The third-order valence-electron chi connectivity index (χ3n) is 5.34. The third kappa shape index (κ3) is 3.82. The number of halogens is 4. The van der Waals surface area contributed by atoms with Crippen LogP contribution in [0.2, 0.25) is 5.02 Å². The van der Waals surface area contributed by atoms with Crippen LogP contribution in [0.5, 0.6) is 0 Å². The SMILES string of the molecule is FC(F)(F)[C@@H]1C[C@H](c2ccc(Cl)cc2)Nc2cc(-c3n[nH]c(=S)n3Cc3ccco3)nn21. The van der Waals surface area contributed by atoms with E-state index in [1.807, 2.05) is 0 Å². The first-order valence-corrected chi connectivity index (χ1v) is 10.4. The standard InChI is InChI=1S/C20H16ClF3N6OS/c21-12-5-3-11(4-6-12)14-8-16(20(22,23)24)30-17(25-14)9-15(28-30)18-26-27-19(32)29(18)10-13-2-1-7-31-13/h1-7,9,14,16,25H,8,10H2,(H,27,32)/t14-,16+/m1/s1. The minimum Gasteiger partial charge on any atom is -0.467 e. The highest BCUT2D eigenvalue weighted by Crippen LogP contribution is 2.44. The van der Waals surface area contributed by atoms with Gasteiger partial charge < -0.3 is 9.73 Å². The Kier molecular flexibility index (Phi) is 5.09. The Morgan fingerprint density at radius 2 is 2.00 bits per heavy atom. The van der Waals surface area contributed by atoms with E-state index in [4.69, 9.17) is 28.2 Å². The number of hydrogen-bond donors (Lipinski definition) is 2. The Balaban J connectivity index is 1.54. The summed E-state index contributed by atoms with van der Waals surface area (Å²) in [6, 6.07) is 9.45. The number of hydrogen-bond acceptors (Lipinski definition) is 5. The van der Waals surface area contributed by atoms with Crippen molar-refractivity contribution in [2.24, 2.45) is 0 Å². The van der Waals surface area contributed by atoms with Crippen molar-refractivity contribution in [3.05, 3.63) is 69.8 Å². The summed E-state index contributed by atoms with van der Waals surface area (Å²) in [5.41, 5.74) is 0.968. The molecule has 0 fully saturated rings. The zero-order valence-corrected chi connectivity index (χ0v) is 17.9. The maximum Gasteiger partial charge on any atom is 0.410 e. The summed E-state index contributed by atoms with van der Waals surface area (Å²) in [5.74, 6) is 1.19. The third-order valence-corrected chi connectivity index (χ3v) is 5.91. The van der Waals surface area contributed by atoms with Crippen LogP contribution in [-0.2, 0) is 6.54 Å². The van der Waals surface area contributed by atoms with Crippen LogP contribution in [0.25, 0.3) is 11.5 Å². The van der Waals surface area contributed by atoms with Gasteiger partial charge in [-0.05, 0) is 42.0 Å². The number of anilines is 1. The van der Waals surface area contributed by atoms with E-state index in [0.29, 0.717) is 26.9 Å². The van der Waals surface area contributed by atoms with Gasteiger partial charge in [0.05, 0.1) is 18.8 Å². The number of benzene rings is 1. The van der Waals surface area contributed by atoms with Gasteiger partial charge in [0.25, 0.3) is 0 Å². The molecule has 32 heavy (non-hydrogen) atoms. The number of fused-ring (bicyclic) bond motifs is 1. The molecule has 2 atom stereocenters. The van der Waals surface area contributed by atoms with Crippen molar-refractivity contribution in [3.63, 3.8) is 0 Å². The second-order valence-corrected chi connectivity index (χ2v) is 8.24. The molecule has 0 amide bonds. The smallest absolute Gasteiger partial charge is 0.410 e. The van der Waals surface area contributed by atoms with Gasteiger partial charge in [0.1, 0.15) is 17.3 Å². The number of nitrogens with one attached hydrogen (secondary N) is 2. The zero-order chi connectivity index (χ0) is 22.5. The molecule has 0 spiro atoms. The molecule has 0 aliphatic carbocycles. The van der Waals surface area contributed by atoms with Crippen molar-refractivity contribution in [3.8, 4) is 11.5 Å². The van der Waals surface area contributed by atoms with E-state index in [9.17, 15) is 13.2 Å². The number of nitrogens with zero attached hydrogens (tertiary/aromatic N) is 4. The molecule has 0 unspecified atom stereocenters. The first kappa shape index (κ1) is 20.8. The highest BCUT2D eigenvalue weighted by atomic mass is 35.5. The number of H-pyrrole nitrogens is 1. The normalized spacial score (nSPS) is 18.4. The highest BCUT2D eigenvalue weighted by Gasteiger charge is 2.46. The second kappa shape index (κ2) is 7.82. The van der Waals surface area contributed by atoms with Crippen LogP contribution in [0.1, 0.15) is 29.8 Å². The van der Waals surface area contributed by atoms with Crippen molar-refractivity contribution in [1.29, 1.82) is 0 Å². The molecule has 3 aromatic heterocycles. The maximum absolute atomic E-state index is 14.0. The highest BCUT2D eigenvalue weighted by molar-refractivity contribution is 7.71. The molecular formula is C20H16ClF3N6OS. The number of aromatic amines is 1. The van der Waals surface area contributed by atoms with Crippen molar-refractivity contribution in [2.45, 2.75) is 31.2 Å². The second-order valence-electron chi connectivity index (χ2n) is 7.42. The molecule has 166 valence electrons. The summed E-state index contributed by atoms with van der Waals surface area (Å²) >= 11 is 11.2. The predicted molar refractivity (Wildman–Crippen MR) is 114 cm³/mol. The number of aromatic nitrogens is 5. The van der Waals surface area contributed by atoms with Crippen molar-refractivity contribution in [2.75, 3.05) is 5.32 Å². The molecule has 4 aromatic rings. The van der Waals surface area contributed by atoms with Crippen LogP contribution >= 0.6 is 23.8 Å². The van der Waals surface area contributed by atoms with Crippen LogP contribution in [0.4, 0.5) is 19.0 Å². The monoisotopic (exact) mass is 480 g/mol. The zero-order valence-electron chi connectivity index (χ0n) is 16.3. The van der Waals surface area contributed by atoms with Gasteiger partial charge in [0, 0.05) is 17.5 Å². The molecule has 4 heterocycles. The molecule has 2 N–H and O–H groups in total. The molecule has 1 aromatic carbocycles. The van der Waals surface area contributed by atoms with Crippen LogP contribution in [-0.4, -0.2) is 30.7 Å². The van der Waals surface area contributed by atoms with E-state index < -0.39 is 18.3 Å². The van der Waals surface area contributed by atoms with E-state index in [1.165, 1.54) is 6.26 Å². The summed E-state index contributed by atoms with van der Waals surface area (Å²) in [5, 5.41) is 14.8. The summed E-state index contributed by atoms with van der Waals surface area (Å²) in [6.45, 7) is 0.267. The maximum atomic E-state index is 14.0. The van der Waals surface area contributed by atoms with Crippen molar-refractivity contribution in [1.82, 2.24) is 24.5 Å². The van der Waals surface area contributed by atoms with Crippen molar-refractivity contribution >= 4 is 29.6 Å². The predicted octanol–water partition coefficient (Wildman–Crippen LogP) is 5.76. The van der Waals surface area contributed by atoms with E-state index in [0.717, 1.165) is 4.68 Å². The van der Waals surface area contributed by atoms with Gasteiger partial charge in [-0.3, -0.25) is 9.67 Å². The molecule has 0 radical (unpaired) electrons. The fourth-order valence-electron chi connectivity index (χ4n) is 3.81. The molecule has 0 saturated carbocycles. The molecule has 0 bridgehead atoms. The molecule has 12 heteroatoms. The Labute approximate surface area is 189 Å². The lowest BCUT2D eigenvalue weighted by Crippen LogP contribution is -2.35. The molecule has 1 aliphatic heterocycles. The summed E-state index contributed by atoms with van der Waals surface area (Å²) in [6.07, 6.45) is -3.16. The molecule has 0 saturated heterocycles. The minimum atomic E-state index is -4.48.